The van der Waals surface area contributed by atoms with Crippen LogP contribution < -0.4 is 19.9 Å². The summed E-state index contributed by atoms with van der Waals surface area (Å²) in [5.41, 5.74) is -0.0505. The number of hydrogen-bond acceptors (Lipinski definition) is 10. The minimum absolute atomic E-state index is 0.00776. The number of nitrogens with one attached hydrogen (secondary N) is 1. The molecular weight excluding hydrogens is 597 g/mol. The number of hydrogen-bond donors (Lipinski definition) is 2. The number of carbonyl (C=O) groups excluding carboxylic acids is 1. The molecule has 3 N–H and O–H groups in total. The van der Waals surface area contributed by atoms with E-state index in [1.165, 1.54) is 12.1 Å². The van der Waals surface area contributed by atoms with Crippen LogP contribution in [0.25, 0.3) is 10.2 Å². The topological polar surface area (TPSA) is 151 Å². The van der Waals surface area contributed by atoms with Crippen molar-refractivity contribution < 1.29 is 35.9 Å². The number of para-hydroxylation sites is 1. The Morgan fingerprint density at radius 2 is 1.98 bits per heavy atom. The van der Waals surface area contributed by atoms with Gasteiger partial charge in [0.05, 0.1) is 28.1 Å². The van der Waals surface area contributed by atoms with Gasteiger partial charge in [-0.2, -0.15) is 13.2 Å². The predicted octanol–water partition coefficient (Wildman–Crippen LogP) is 5.15. The molecular formula is C26H29F3N6O5S2. The number of rotatable bonds is 12. The summed E-state index contributed by atoms with van der Waals surface area (Å²) < 4.78 is 77.2. The second-order valence-electron chi connectivity index (χ2n) is 9.73. The van der Waals surface area contributed by atoms with Crippen LogP contribution in [0, 0.1) is 5.92 Å². The summed E-state index contributed by atoms with van der Waals surface area (Å²) in [6.07, 6.45) is -2.63. The van der Waals surface area contributed by atoms with Crippen LogP contribution in [0.15, 0.2) is 46.9 Å². The number of benzene rings is 2. The molecule has 4 aromatic rings. The number of carbonyl (C=O) groups is 1. The lowest BCUT2D eigenvalue weighted by Crippen LogP contribution is -2.25. The van der Waals surface area contributed by atoms with Gasteiger partial charge in [-0.15, -0.1) is 16.4 Å². The van der Waals surface area contributed by atoms with Crippen molar-refractivity contribution in [2.24, 2.45) is 11.1 Å². The van der Waals surface area contributed by atoms with Crippen molar-refractivity contribution in [3.05, 3.63) is 53.9 Å². The number of alkyl halides is 3. The molecule has 16 heteroatoms. The van der Waals surface area contributed by atoms with E-state index in [1.807, 2.05) is 13.8 Å². The molecule has 0 bridgehead atoms. The molecule has 0 amide bonds. The molecule has 2 aromatic heterocycles. The zero-order valence-electron chi connectivity index (χ0n) is 22.9. The Bertz CT molecular complexity index is 1670. The number of thiazole rings is 1. The number of nitrogens with zero attached hydrogens (tertiary/aromatic N) is 4. The van der Waals surface area contributed by atoms with E-state index in [2.05, 4.69) is 20.6 Å². The van der Waals surface area contributed by atoms with Crippen LogP contribution in [0.2, 0.25) is 0 Å². The highest BCUT2D eigenvalue weighted by atomic mass is 32.2. The summed E-state index contributed by atoms with van der Waals surface area (Å²) in [5.74, 6) is -0.865. The fraction of sp³-hybridized carbons (Fsp3) is 0.385. The Hall–Kier alpha value is -3.76. The van der Waals surface area contributed by atoms with E-state index in [4.69, 9.17) is 14.6 Å². The highest BCUT2D eigenvalue weighted by Gasteiger charge is 2.36. The summed E-state index contributed by atoms with van der Waals surface area (Å²) in [6.45, 7) is 5.80. The van der Waals surface area contributed by atoms with Crippen molar-refractivity contribution in [3.8, 4) is 11.5 Å². The van der Waals surface area contributed by atoms with E-state index in [9.17, 15) is 26.4 Å². The highest BCUT2D eigenvalue weighted by Crippen LogP contribution is 2.41. The first-order valence-corrected chi connectivity index (χ1v) is 15.2. The highest BCUT2D eigenvalue weighted by molar-refractivity contribution is 7.91. The first-order valence-electron chi connectivity index (χ1n) is 12.9. The monoisotopic (exact) mass is 626 g/mol. The van der Waals surface area contributed by atoms with E-state index >= 15 is 0 Å². The molecule has 42 heavy (non-hydrogen) atoms. The third-order valence-corrected chi connectivity index (χ3v) is 8.47. The minimum Gasteiger partial charge on any atom is -0.487 e. The fourth-order valence-electron chi connectivity index (χ4n) is 4.02. The molecule has 2 aromatic carbocycles. The van der Waals surface area contributed by atoms with Gasteiger partial charge in [-0.25, -0.2) is 23.2 Å². The molecule has 11 nitrogen and oxygen atoms in total. The number of anilines is 1. The summed E-state index contributed by atoms with van der Waals surface area (Å²) in [6, 6.07) is 8.12. The Balaban J connectivity index is 1.47. The summed E-state index contributed by atoms with van der Waals surface area (Å²) in [4.78, 5) is 16.1. The summed E-state index contributed by atoms with van der Waals surface area (Å²) in [5, 5.41) is 16.5. The lowest BCUT2D eigenvalue weighted by Gasteiger charge is -2.23. The van der Waals surface area contributed by atoms with Gasteiger partial charge < -0.3 is 14.8 Å². The molecule has 4 rings (SSSR count). The fourth-order valence-corrected chi connectivity index (χ4v) is 5.71. The van der Waals surface area contributed by atoms with E-state index in [0.717, 1.165) is 17.4 Å². The molecule has 0 saturated carbocycles. The van der Waals surface area contributed by atoms with Crippen molar-refractivity contribution in [1.82, 2.24) is 20.0 Å². The molecule has 0 aliphatic carbocycles. The predicted molar refractivity (Wildman–Crippen MR) is 150 cm³/mol. The van der Waals surface area contributed by atoms with Gasteiger partial charge in [0, 0.05) is 13.0 Å². The van der Waals surface area contributed by atoms with Crippen LogP contribution in [0.4, 0.5) is 18.9 Å². The number of sulfonamides is 1. The quantitative estimate of drug-likeness (QED) is 0.161. The van der Waals surface area contributed by atoms with Crippen LogP contribution in [-0.2, 0) is 27.6 Å². The van der Waals surface area contributed by atoms with Crippen molar-refractivity contribution in [2.75, 3.05) is 11.9 Å². The van der Waals surface area contributed by atoms with E-state index in [-0.39, 0.29) is 41.6 Å². The van der Waals surface area contributed by atoms with Gasteiger partial charge >= 0.3 is 12.1 Å². The lowest BCUT2D eigenvalue weighted by atomic mass is 10.0. The molecule has 0 unspecified atom stereocenters. The molecule has 0 saturated heterocycles. The van der Waals surface area contributed by atoms with Gasteiger partial charge in [-0.1, -0.05) is 32.1 Å². The number of primary sulfonamides is 1. The maximum Gasteiger partial charge on any atom is 0.420 e. The summed E-state index contributed by atoms with van der Waals surface area (Å²) in [7, 11) is -3.92. The normalized spacial score (nSPS) is 13.0. The number of nitrogens with two attached hydrogens (primary N) is 1. The van der Waals surface area contributed by atoms with E-state index in [0.29, 0.717) is 28.1 Å². The maximum atomic E-state index is 13.7. The largest absolute Gasteiger partial charge is 0.487 e. The zero-order chi connectivity index (χ0) is 30.7. The van der Waals surface area contributed by atoms with Gasteiger partial charge in [0.25, 0.3) is 10.0 Å². The Kier molecular flexibility index (Phi) is 9.37. The maximum absolute atomic E-state index is 13.7. The third-order valence-electron chi connectivity index (χ3n) is 6.13. The first-order chi connectivity index (χ1) is 19.8. The second-order valence-corrected chi connectivity index (χ2v) is 12.5. The van der Waals surface area contributed by atoms with Gasteiger partial charge in [0.2, 0.25) is 4.34 Å². The van der Waals surface area contributed by atoms with Gasteiger partial charge in [0.15, 0.2) is 5.75 Å². The molecule has 1 atom stereocenters. The smallest absolute Gasteiger partial charge is 0.420 e. The van der Waals surface area contributed by atoms with Gasteiger partial charge in [-0.05, 0) is 42.7 Å². The Labute approximate surface area is 243 Å². The molecule has 2 heterocycles. The van der Waals surface area contributed by atoms with Crippen LogP contribution in [0.5, 0.6) is 11.5 Å². The Morgan fingerprint density at radius 1 is 1.21 bits per heavy atom. The van der Waals surface area contributed by atoms with Crippen LogP contribution in [0.1, 0.15) is 50.9 Å². The number of ether oxygens (including phenoxy) is 2. The molecule has 0 spiro atoms. The lowest BCUT2D eigenvalue weighted by molar-refractivity contribution is -0.142. The van der Waals surface area contributed by atoms with Crippen LogP contribution in [0.3, 0.4) is 0 Å². The van der Waals surface area contributed by atoms with Crippen molar-refractivity contribution in [2.45, 2.75) is 56.8 Å². The van der Waals surface area contributed by atoms with Gasteiger partial charge in [-0.3, -0.25) is 4.79 Å². The number of esters is 1. The molecule has 0 radical (unpaired) electrons. The van der Waals surface area contributed by atoms with E-state index < -0.39 is 33.5 Å². The van der Waals surface area contributed by atoms with Crippen molar-refractivity contribution in [1.29, 1.82) is 0 Å². The molecule has 226 valence electrons. The second kappa shape index (κ2) is 12.6. The first kappa shape index (κ1) is 31.2. The molecule has 0 fully saturated rings. The number of fused-ring (bicyclic) bond motifs is 1. The molecule has 0 aliphatic heterocycles. The van der Waals surface area contributed by atoms with Crippen molar-refractivity contribution in [3.63, 3.8) is 0 Å². The van der Waals surface area contributed by atoms with Crippen LogP contribution in [-0.4, -0.2) is 40.9 Å². The van der Waals surface area contributed by atoms with Crippen LogP contribution >= 0.6 is 11.3 Å². The third kappa shape index (κ3) is 7.54. The number of aromatic nitrogens is 4. The van der Waals surface area contributed by atoms with Gasteiger partial charge in [0.1, 0.15) is 23.6 Å². The average molecular weight is 627 g/mol. The SMILES string of the molecule is CCCC(=O)Oc1c(NC[C@@H](C(C)C)n2cc(COc3ccc4nc(S(N)(=O)=O)sc4c3)nn2)cccc1C(F)(F)F. The minimum atomic E-state index is -4.72. The number of halogens is 3. The van der Waals surface area contributed by atoms with E-state index in [1.54, 1.807) is 36.0 Å². The Morgan fingerprint density at radius 3 is 2.64 bits per heavy atom. The van der Waals surface area contributed by atoms with Crippen molar-refractivity contribution >= 4 is 43.2 Å². The average Bonchev–Trinajstić information content (AvgIpc) is 3.54. The zero-order valence-corrected chi connectivity index (χ0v) is 24.5. The standard InChI is InChI=1S/C26H29F3N6O5S2/c1-4-6-23(36)40-24-18(26(27,28)29)7-5-8-20(24)31-12-21(15(2)3)35-13-16(33-34-35)14-39-17-9-10-19-22(11-17)41-25(32-19)42(30,37)38/h5,7-11,13,15,21,31H,4,6,12,14H2,1-3H3,(H2,30,37,38)/t21-/m0/s1. The molecule has 0 aliphatic rings. The summed E-state index contributed by atoms with van der Waals surface area (Å²) >= 11 is 0.930.